The van der Waals surface area contributed by atoms with Gasteiger partial charge in [0.1, 0.15) is 42.7 Å². The summed E-state index contributed by atoms with van der Waals surface area (Å²) in [6, 6.07) is -5.20. The molecule has 3 aliphatic rings. The van der Waals surface area contributed by atoms with Crippen molar-refractivity contribution in [3.05, 3.63) is 0 Å². The molecule has 0 aliphatic carbocycles. The number of fused-ring (bicyclic) bond motifs is 1. The Morgan fingerprint density at radius 3 is 2.21 bits per heavy atom. The Morgan fingerprint density at radius 1 is 0.977 bits per heavy atom. The lowest BCUT2D eigenvalue weighted by molar-refractivity contribution is -0.367. The summed E-state index contributed by atoms with van der Waals surface area (Å²) in [6.45, 7) is 2.00. The molecule has 43 heavy (non-hydrogen) atoms. The summed E-state index contributed by atoms with van der Waals surface area (Å²) in [7, 11) is 1.55. The predicted molar refractivity (Wildman–Crippen MR) is 147 cm³/mol. The molecular weight excluding hydrogens is 576 g/mol. The normalized spacial score (nSPS) is 40.9. The zero-order valence-electron chi connectivity index (χ0n) is 24.6. The molecule has 16 N–H and O–H groups in total. The maximum Gasteiger partial charge on any atom is 0.239 e. The van der Waals surface area contributed by atoms with Gasteiger partial charge in [0.05, 0.1) is 43.5 Å². The number of aliphatic hydroxyl groups excluding tert-OH is 6. The molecule has 3 heterocycles. The Morgan fingerprint density at radius 2 is 1.65 bits per heavy atom. The summed E-state index contributed by atoms with van der Waals surface area (Å²) in [5, 5.41) is 67.3. The minimum Gasteiger partial charge on any atom is -0.394 e. The zero-order chi connectivity index (χ0) is 32.2. The maximum atomic E-state index is 12.1. The molecule has 1 amide bonds. The second kappa shape index (κ2) is 15.9. The van der Waals surface area contributed by atoms with Gasteiger partial charge < -0.3 is 87.9 Å². The number of hydrogen-bond acceptors (Lipinski definition) is 17. The predicted octanol–water partition coefficient (Wildman–Crippen LogP) is -6.81. The Balaban J connectivity index is 1.67. The molecule has 18 heteroatoms. The van der Waals surface area contributed by atoms with Crippen LogP contribution < -0.4 is 33.6 Å². The van der Waals surface area contributed by atoms with Crippen LogP contribution in [0.15, 0.2) is 0 Å². The van der Waals surface area contributed by atoms with Crippen molar-refractivity contribution in [2.24, 2.45) is 22.9 Å². The summed E-state index contributed by atoms with van der Waals surface area (Å²) in [5.41, 5.74) is 23.6. The minimum atomic E-state index is -1.44. The highest BCUT2D eigenvalue weighted by Gasteiger charge is 2.53. The zero-order valence-corrected chi connectivity index (χ0v) is 24.6. The largest absolute Gasteiger partial charge is 0.394 e. The summed E-state index contributed by atoms with van der Waals surface area (Å²) < 4.78 is 29.7. The Labute approximate surface area is 249 Å². The topological polar surface area (TPSA) is 313 Å². The maximum absolute atomic E-state index is 12.1. The number of carbonyl (C=O) groups is 1. The van der Waals surface area contributed by atoms with Gasteiger partial charge in [0.2, 0.25) is 5.91 Å². The lowest BCUT2D eigenvalue weighted by Crippen LogP contribution is -2.69. The van der Waals surface area contributed by atoms with Gasteiger partial charge in [-0.2, -0.15) is 0 Å². The Kier molecular flexibility index (Phi) is 13.4. The first-order valence-electron chi connectivity index (χ1n) is 14.4. The monoisotopic (exact) mass is 626 g/mol. The molecule has 0 saturated carbocycles. The van der Waals surface area contributed by atoms with E-state index in [-0.39, 0.29) is 12.8 Å². The quantitative estimate of drug-likeness (QED) is 0.0903. The molecule has 9 unspecified atom stereocenters. The van der Waals surface area contributed by atoms with Crippen molar-refractivity contribution in [2.45, 2.75) is 131 Å². The van der Waals surface area contributed by atoms with Crippen molar-refractivity contribution < 1.29 is 59.1 Å². The van der Waals surface area contributed by atoms with Gasteiger partial charge in [0, 0.05) is 18.5 Å². The van der Waals surface area contributed by atoms with Gasteiger partial charge in [0.15, 0.2) is 18.9 Å². The molecule has 0 radical (unpaired) electrons. The van der Waals surface area contributed by atoms with E-state index in [1.165, 1.54) is 6.92 Å². The molecule has 0 aromatic carbocycles. The third kappa shape index (κ3) is 8.55. The first-order chi connectivity index (χ1) is 20.2. The van der Waals surface area contributed by atoms with Gasteiger partial charge in [-0.25, -0.2) is 0 Å². The average molecular weight is 627 g/mol. The van der Waals surface area contributed by atoms with Crippen LogP contribution in [0.25, 0.3) is 0 Å². The van der Waals surface area contributed by atoms with Crippen LogP contribution in [0.4, 0.5) is 0 Å². The van der Waals surface area contributed by atoms with Crippen molar-refractivity contribution in [1.29, 1.82) is 0 Å². The fourth-order valence-corrected chi connectivity index (χ4v) is 5.48. The standard InChI is InChI=1S/C25H50N6O12/c1-8(26)17(35)19(37)20(9(2)27)41-23-10(28)4-14-21(42-23)18(36)16(30-3)25(39-14)43-24-13(34)5-12(15(7-33)40-24)31-22(38)11(29)6-32/h8-21,23-25,30,32-37H,4-7,26-29H2,1-3H3,(H,31,38)/t8-,9?,10?,11+,12+,13?,14+,15?,16?,17?,18?,19-,20-,21?,23+,24-,25?/m1/s1. The lowest BCUT2D eigenvalue weighted by atomic mass is 9.90. The molecule has 18 nitrogen and oxygen atoms in total. The fraction of sp³-hybridized carbons (Fsp3) is 0.960. The van der Waals surface area contributed by atoms with E-state index in [4.69, 9.17) is 51.7 Å². The number of amides is 1. The van der Waals surface area contributed by atoms with E-state index in [1.807, 2.05) is 0 Å². The second-order valence-electron chi connectivity index (χ2n) is 11.6. The number of aliphatic hydroxyl groups is 6. The molecule has 0 aromatic rings. The molecule has 3 aliphatic heterocycles. The van der Waals surface area contributed by atoms with E-state index in [0.29, 0.717) is 0 Å². The average Bonchev–Trinajstić information content (AvgIpc) is 2.96. The molecule has 0 bridgehead atoms. The van der Waals surface area contributed by atoms with E-state index in [2.05, 4.69) is 10.6 Å². The van der Waals surface area contributed by atoms with Crippen molar-refractivity contribution in [3.63, 3.8) is 0 Å². The number of rotatable bonds is 13. The number of carbonyl (C=O) groups excluding carboxylic acids is 1. The van der Waals surface area contributed by atoms with E-state index >= 15 is 0 Å². The minimum absolute atomic E-state index is 0.0669. The number of nitrogens with one attached hydrogen (secondary N) is 2. The number of nitrogens with two attached hydrogens (primary N) is 4. The SMILES string of the molecule is CNC1C(O[C@H]2OC(CO)[C@@H](NC(=O)[C@@H](N)CO)CC2O)O[C@H]2CC(N)[C@@H](O[C@H](C(C)N)[C@H](O)C(O)[C@@H](C)N)OC2C1O. The van der Waals surface area contributed by atoms with Crippen LogP contribution >= 0.6 is 0 Å². The summed E-state index contributed by atoms with van der Waals surface area (Å²) >= 11 is 0. The van der Waals surface area contributed by atoms with Crippen LogP contribution in [0.1, 0.15) is 26.7 Å². The van der Waals surface area contributed by atoms with Crippen LogP contribution in [0.3, 0.4) is 0 Å². The molecule has 3 fully saturated rings. The number of ether oxygens (including phenoxy) is 5. The third-order valence-corrected chi connectivity index (χ3v) is 8.06. The number of hydrogen-bond donors (Lipinski definition) is 12. The van der Waals surface area contributed by atoms with E-state index in [0.717, 1.165) is 0 Å². The Bertz CT molecular complexity index is 877. The Hall–Kier alpha value is -1.17. The highest BCUT2D eigenvalue weighted by Crippen LogP contribution is 2.35. The first kappa shape index (κ1) is 36.3. The summed E-state index contributed by atoms with van der Waals surface area (Å²) in [5.74, 6) is -0.677. The summed E-state index contributed by atoms with van der Waals surface area (Å²) in [4.78, 5) is 12.1. The van der Waals surface area contributed by atoms with E-state index < -0.39 is 123 Å². The first-order valence-corrected chi connectivity index (χ1v) is 14.4. The van der Waals surface area contributed by atoms with Crippen molar-refractivity contribution >= 4 is 5.91 Å². The van der Waals surface area contributed by atoms with Crippen LogP contribution in [-0.4, -0.2) is 161 Å². The molecule has 17 atom stereocenters. The van der Waals surface area contributed by atoms with Gasteiger partial charge in [-0.1, -0.05) is 0 Å². The van der Waals surface area contributed by atoms with Gasteiger partial charge in [0.25, 0.3) is 0 Å². The molecule has 0 spiro atoms. The van der Waals surface area contributed by atoms with Crippen LogP contribution in [0.2, 0.25) is 0 Å². The highest BCUT2D eigenvalue weighted by atomic mass is 16.8. The third-order valence-electron chi connectivity index (χ3n) is 8.06. The molecule has 3 saturated heterocycles. The molecule has 252 valence electrons. The van der Waals surface area contributed by atoms with Crippen LogP contribution in [0.5, 0.6) is 0 Å². The van der Waals surface area contributed by atoms with Gasteiger partial charge in [-0.05, 0) is 27.3 Å². The molecule has 0 aromatic heterocycles. The van der Waals surface area contributed by atoms with Crippen molar-refractivity contribution in [2.75, 3.05) is 20.3 Å². The smallest absolute Gasteiger partial charge is 0.239 e. The van der Waals surface area contributed by atoms with Crippen molar-refractivity contribution in [1.82, 2.24) is 10.6 Å². The van der Waals surface area contributed by atoms with Gasteiger partial charge >= 0.3 is 0 Å². The van der Waals surface area contributed by atoms with Crippen LogP contribution in [-0.2, 0) is 28.5 Å². The van der Waals surface area contributed by atoms with E-state index in [9.17, 15) is 30.3 Å². The number of likely N-dealkylation sites (N-methyl/N-ethyl adjacent to an activating group) is 1. The van der Waals surface area contributed by atoms with Gasteiger partial charge in [-0.15, -0.1) is 0 Å². The van der Waals surface area contributed by atoms with Crippen molar-refractivity contribution in [3.8, 4) is 0 Å². The highest BCUT2D eigenvalue weighted by molar-refractivity contribution is 5.81. The molecular formula is C25H50N6O12. The van der Waals surface area contributed by atoms with Gasteiger partial charge in [-0.3, -0.25) is 4.79 Å². The fourth-order valence-electron chi connectivity index (χ4n) is 5.48. The second-order valence-corrected chi connectivity index (χ2v) is 11.6. The lowest BCUT2D eigenvalue weighted by Gasteiger charge is -2.51. The van der Waals surface area contributed by atoms with E-state index in [1.54, 1.807) is 14.0 Å². The molecule has 3 rings (SSSR count). The van der Waals surface area contributed by atoms with Crippen LogP contribution in [0, 0.1) is 0 Å². The summed E-state index contributed by atoms with van der Waals surface area (Å²) in [6.07, 6.45) is -12.6.